The van der Waals surface area contributed by atoms with Crippen LogP contribution in [0.2, 0.25) is 0 Å². The zero-order valence-corrected chi connectivity index (χ0v) is 12.1. The molecule has 0 saturated heterocycles. The molecule has 3 N–H and O–H groups in total. The maximum Gasteiger partial charge on any atom is 0.188 e. The van der Waals surface area contributed by atoms with Crippen LogP contribution in [0.5, 0.6) is 0 Å². The van der Waals surface area contributed by atoms with Crippen LogP contribution in [0.4, 0.5) is 0 Å². The Kier molecular flexibility index (Phi) is 16.2. The van der Waals surface area contributed by atoms with Crippen molar-refractivity contribution in [3.63, 3.8) is 0 Å². The molecule has 0 aliphatic heterocycles. The van der Waals surface area contributed by atoms with Gasteiger partial charge >= 0.3 is 0 Å². The van der Waals surface area contributed by atoms with E-state index in [1.807, 2.05) is 0 Å². The van der Waals surface area contributed by atoms with Crippen LogP contribution in [0.1, 0.15) is 32.6 Å². The molecule has 15 heavy (non-hydrogen) atoms. The second-order valence-corrected chi connectivity index (χ2v) is 3.25. The SMILES string of the molecule is CCCN=C(N)NCCCCCOC.I. The van der Waals surface area contributed by atoms with E-state index < -0.39 is 0 Å². The molecule has 0 heterocycles. The van der Waals surface area contributed by atoms with Gasteiger partial charge in [-0.25, -0.2) is 0 Å². The summed E-state index contributed by atoms with van der Waals surface area (Å²) in [7, 11) is 1.73. The molecule has 0 spiro atoms. The van der Waals surface area contributed by atoms with Crippen molar-refractivity contribution in [3.05, 3.63) is 0 Å². The van der Waals surface area contributed by atoms with Crippen molar-refractivity contribution < 1.29 is 4.74 Å². The maximum absolute atomic E-state index is 5.61. The smallest absolute Gasteiger partial charge is 0.188 e. The molecule has 0 amide bonds. The third-order valence-corrected chi connectivity index (χ3v) is 1.84. The van der Waals surface area contributed by atoms with Crippen molar-refractivity contribution in [2.45, 2.75) is 32.6 Å². The number of nitrogens with one attached hydrogen (secondary N) is 1. The molecule has 0 bridgehead atoms. The van der Waals surface area contributed by atoms with Crippen LogP contribution < -0.4 is 11.1 Å². The van der Waals surface area contributed by atoms with Gasteiger partial charge in [0.15, 0.2) is 5.96 Å². The van der Waals surface area contributed by atoms with E-state index in [1.54, 1.807) is 7.11 Å². The standard InChI is InChI=1S/C10H23N3O.HI/c1-3-7-12-10(11)13-8-5-4-6-9-14-2;/h3-9H2,1-2H3,(H3,11,12,13);1H. The Balaban J connectivity index is 0. The number of hydrogen-bond acceptors (Lipinski definition) is 2. The second kappa shape index (κ2) is 14.0. The minimum atomic E-state index is 0. The van der Waals surface area contributed by atoms with E-state index >= 15 is 0 Å². The summed E-state index contributed by atoms with van der Waals surface area (Å²) in [5.41, 5.74) is 5.61. The van der Waals surface area contributed by atoms with E-state index in [2.05, 4.69) is 17.2 Å². The second-order valence-electron chi connectivity index (χ2n) is 3.25. The molecule has 0 rings (SSSR count). The number of rotatable bonds is 8. The highest BCUT2D eigenvalue weighted by atomic mass is 127. The van der Waals surface area contributed by atoms with Crippen molar-refractivity contribution in [1.29, 1.82) is 0 Å². The summed E-state index contributed by atoms with van der Waals surface area (Å²) in [4.78, 5) is 4.14. The van der Waals surface area contributed by atoms with Crippen LogP contribution in [-0.4, -0.2) is 32.8 Å². The zero-order chi connectivity index (χ0) is 10.6. The first-order valence-electron chi connectivity index (χ1n) is 5.34. The Labute approximate surface area is 110 Å². The molecule has 0 aromatic carbocycles. The fraction of sp³-hybridized carbons (Fsp3) is 0.900. The molecule has 0 saturated carbocycles. The average molecular weight is 329 g/mol. The fourth-order valence-corrected chi connectivity index (χ4v) is 1.05. The number of halogens is 1. The monoisotopic (exact) mass is 329 g/mol. The minimum Gasteiger partial charge on any atom is -0.385 e. The highest BCUT2D eigenvalue weighted by Gasteiger charge is 1.91. The Morgan fingerprint density at radius 1 is 1.33 bits per heavy atom. The van der Waals surface area contributed by atoms with Gasteiger partial charge in [-0.3, -0.25) is 4.99 Å². The van der Waals surface area contributed by atoms with Crippen LogP contribution >= 0.6 is 24.0 Å². The van der Waals surface area contributed by atoms with Crippen molar-refractivity contribution in [3.8, 4) is 0 Å². The molecule has 92 valence electrons. The zero-order valence-electron chi connectivity index (χ0n) is 9.79. The predicted molar refractivity (Wildman–Crippen MR) is 75.9 cm³/mol. The third-order valence-electron chi connectivity index (χ3n) is 1.84. The van der Waals surface area contributed by atoms with Gasteiger partial charge in [-0.15, -0.1) is 24.0 Å². The summed E-state index contributed by atoms with van der Waals surface area (Å²) in [6.45, 7) is 4.65. The summed E-state index contributed by atoms with van der Waals surface area (Å²) >= 11 is 0. The first-order valence-corrected chi connectivity index (χ1v) is 5.34. The number of hydrogen-bond donors (Lipinski definition) is 2. The molecule has 0 aromatic rings. The number of aliphatic imine (C=N–C) groups is 1. The van der Waals surface area contributed by atoms with Gasteiger partial charge in [0.25, 0.3) is 0 Å². The molecular formula is C10H24IN3O. The minimum absolute atomic E-state index is 0. The van der Waals surface area contributed by atoms with Crippen LogP contribution in [-0.2, 0) is 4.74 Å². The molecule has 0 fully saturated rings. The molecule has 0 aromatic heterocycles. The number of nitrogens with two attached hydrogens (primary N) is 1. The highest BCUT2D eigenvalue weighted by molar-refractivity contribution is 14.0. The molecule has 0 unspecified atom stereocenters. The summed E-state index contributed by atoms with van der Waals surface area (Å²) in [6, 6.07) is 0. The summed E-state index contributed by atoms with van der Waals surface area (Å²) in [5, 5.41) is 3.08. The fourth-order valence-electron chi connectivity index (χ4n) is 1.05. The number of nitrogens with zero attached hydrogens (tertiary/aromatic N) is 1. The number of methoxy groups -OCH3 is 1. The largest absolute Gasteiger partial charge is 0.385 e. The molecular weight excluding hydrogens is 305 g/mol. The van der Waals surface area contributed by atoms with Gasteiger partial charge < -0.3 is 15.8 Å². The highest BCUT2D eigenvalue weighted by Crippen LogP contribution is 1.93. The van der Waals surface area contributed by atoms with Gasteiger partial charge in [0, 0.05) is 26.8 Å². The normalized spacial score (nSPS) is 10.9. The lowest BCUT2D eigenvalue weighted by atomic mass is 10.2. The van der Waals surface area contributed by atoms with E-state index in [1.165, 1.54) is 6.42 Å². The van der Waals surface area contributed by atoms with E-state index in [-0.39, 0.29) is 24.0 Å². The van der Waals surface area contributed by atoms with E-state index in [4.69, 9.17) is 10.5 Å². The summed E-state index contributed by atoms with van der Waals surface area (Å²) in [6.07, 6.45) is 4.44. The first-order chi connectivity index (χ1) is 6.81. The molecule has 0 radical (unpaired) electrons. The predicted octanol–water partition coefficient (Wildman–Crippen LogP) is 1.74. The van der Waals surface area contributed by atoms with Gasteiger partial charge in [-0.2, -0.15) is 0 Å². The average Bonchev–Trinajstić information content (AvgIpc) is 2.20. The van der Waals surface area contributed by atoms with E-state index in [0.717, 1.165) is 39.0 Å². The van der Waals surface area contributed by atoms with E-state index in [9.17, 15) is 0 Å². The van der Waals surface area contributed by atoms with Crippen molar-refractivity contribution in [2.24, 2.45) is 10.7 Å². The summed E-state index contributed by atoms with van der Waals surface area (Å²) in [5.74, 6) is 0.568. The lowest BCUT2D eigenvalue weighted by molar-refractivity contribution is 0.192. The Bertz CT molecular complexity index is 154. The van der Waals surface area contributed by atoms with Gasteiger partial charge in [0.05, 0.1) is 0 Å². The quantitative estimate of drug-likeness (QED) is 0.309. The molecule has 0 aliphatic rings. The Morgan fingerprint density at radius 3 is 2.67 bits per heavy atom. The van der Waals surface area contributed by atoms with Crippen molar-refractivity contribution >= 4 is 29.9 Å². The van der Waals surface area contributed by atoms with Gasteiger partial charge in [-0.1, -0.05) is 6.92 Å². The number of ether oxygens (including phenoxy) is 1. The van der Waals surface area contributed by atoms with Crippen LogP contribution in [0.25, 0.3) is 0 Å². The lowest BCUT2D eigenvalue weighted by Crippen LogP contribution is -2.32. The van der Waals surface area contributed by atoms with Gasteiger partial charge in [0.1, 0.15) is 0 Å². The van der Waals surface area contributed by atoms with Gasteiger partial charge in [0.2, 0.25) is 0 Å². The molecule has 5 heteroatoms. The molecule has 0 aliphatic carbocycles. The maximum atomic E-state index is 5.61. The van der Waals surface area contributed by atoms with E-state index in [0.29, 0.717) is 5.96 Å². The Morgan fingerprint density at radius 2 is 2.07 bits per heavy atom. The Hall–Kier alpha value is -0.0400. The van der Waals surface area contributed by atoms with Crippen molar-refractivity contribution in [2.75, 3.05) is 26.8 Å². The molecule has 4 nitrogen and oxygen atoms in total. The van der Waals surface area contributed by atoms with Gasteiger partial charge in [-0.05, 0) is 25.7 Å². The lowest BCUT2D eigenvalue weighted by Gasteiger charge is -2.04. The molecule has 0 atom stereocenters. The topological polar surface area (TPSA) is 59.6 Å². The van der Waals surface area contributed by atoms with Crippen molar-refractivity contribution in [1.82, 2.24) is 5.32 Å². The number of unbranched alkanes of at least 4 members (excludes halogenated alkanes) is 2. The number of guanidine groups is 1. The van der Waals surface area contributed by atoms with Crippen LogP contribution in [0.3, 0.4) is 0 Å². The van der Waals surface area contributed by atoms with Crippen LogP contribution in [0, 0.1) is 0 Å². The first kappa shape index (κ1) is 17.4. The third kappa shape index (κ3) is 14.0. The van der Waals surface area contributed by atoms with Crippen LogP contribution in [0.15, 0.2) is 4.99 Å². The summed E-state index contributed by atoms with van der Waals surface area (Å²) < 4.78 is 4.95.